The lowest BCUT2D eigenvalue weighted by molar-refractivity contribution is 0.534. The van der Waals surface area contributed by atoms with Crippen LogP contribution < -0.4 is 10.6 Å². The van der Waals surface area contributed by atoms with Gasteiger partial charge in [-0.25, -0.2) is 9.37 Å². The number of guanidine groups is 1. The van der Waals surface area contributed by atoms with Gasteiger partial charge in [-0.15, -0.1) is 11.3 Å². The van der Waals surface area contributed by atoms with E-state index in [1.165, 1.54) is 17.0 Å². The lowest BCUT2D eigenvalue weighted by Gasteiger charge is -2.10. The molecule has 26 heavy (non-hydrogen) atoms. The minimum absolute atomic E-state index is 0.258. The van der Waals surface area contributed by atoms with Crippen LogP contribution in [0.1, 0.15) is 28.1 Å². The molecule has 0 unspecified atom stereocenters. The van der Waals surface area contributed by atoms with E-state index in [2.05, 4.69) is 27.5 Å². The van der Waals surface area contributed by atoms with Crippen molar-refractivity contribution >= 4 is 28.3 Å². The molecule has 5 nitrogen and oxygen atoms in total. The van der Waals surface area contributed by atoms with E-state index in [0.717, 1.165) is 41.1 Å². The fraction of sp³-hybridized carbons (Fsp3) is 0.368. The summed E-state index contributed by atoms with van der Waals surface area (Å²) >= 11 is 1.75. The topological polar surface area (TPSA) is 62.5 Å². The Bertz CT molecular complexity index is 916. The highest BCUT2D eigenvalue weighted by molar-refractivity contribution is 7.11. The van der Waals surface area contributed by atoms with Crippen LogP contribution in [-0.2, 0) is 19.4 Å². The fourth-order valence-corrected chi connectivity index (χ4v) is 3.57. The summed E-state index contributed by atoms with van der Waals surface area (Å²) in [6.45, 7) is 5.31. The number of hydrogen-bond acceptors (Lipinski definition) is 4. The summed E-state index contributed by atoms with van der Waals surface area (Å²) in [5.74, 6) is 1.22. The number of furan rings is 1. The Morgan fingerprint density at radius 2 is 2.19 bits per heavy atom. The zero-order valence-corrected chi connectivity index (χ0v) is 16.0. The van der Waals surface area contributed by atoms with E-state index in [1.807, 2.05) is 13.1 Å². The Morgan fingerprint density at radius 3 is 2.92 bits per heavy atom. The Kier molecular flexibility index (Phi) is 5.88. The van der Waals surface area contributed by atoms with Crippen LogP contribution in [0.15, 0.2) is 33.8 Å². The van der Waals surface area contributed by atoms with Crippen LogP contribution in [-0.4, -0.2) is 24.5 Å². The number of nitrogens with zero attached hydrogens (tertiary/aromatic N) is 2. The number of fused-ring (bicyclic) bond motifs is 1. The summed E-state index contributed by atoms with van der Waals surface area (Å²) in [5.41, 5.74) is 1.64. The van der Waals surface area contributed by atoms with Gasteiger partial charge in [0.15, 0.2) is 5.96 Å². The average molecular weight is 374 g/mol. The highest BCUT2D eigenvalue weighted by Gasteiger charge is 2.11. The Labute approximate surface area is 156 Å². The number of halogens is 1. The third-order valence-electron chi connectivity index (χ3n) is 4.22. The summed E-state index contributed by atoms with van der Waals surface area (Å²) in [7, 11) is 1.73. The average Bonchev–Trinajstić information content (AvgIpc) is 3.23. The Morgan fingerprint density at radius 1 is 1.35 bits per heavy atom. The zero-order chi connectivity index (χ0) is 18.5. The molecule has 138 valence electrons. The predicted molar refractivity (Wildman–Crippen MR) is 104 cm³/mol. The van der Waals surface area contributed by atoms with E-state index in [4.69, 9.17) is 4.42 Å². The van der Waals surface area contributed by atoms with Gasteiger partial charge in [-0.3, -0.25) is 4.99 Å². The van der Waals surface area contributed by atoms with Crippen molar-refractivity contribution in [3.05, 3.63) is 51.4 Å². The monoisotopic (exact) mass is 374 g/mol. The van der Waals surface area contributed by atoms with Gasteiger partial charge in [0.2, 0.25) is 0 Å². The molecule has 0 amide bonds. The molecule has 0 saturated carbocycles. The molecule has 0 saturated heterocycles. The lowest BCUT2D eigenvalue weighted by Crippen LogP contribution is -2.37. The third-order valence-corrected chi connectivity index (χ3v) is 5.42. The minimum atomic E-state index is -0.258. The second-order valence-corrected chi connectivity index (χ2v) is 7.17. The van der Waals surface area contributed by atoms with Crippen molar-refractivity contribution in [1.82, 2.24) is 15.6 Å². The van der Waals surface area contributed by atoms with E-state index >= 15 is 0 Å². The molecule has 0 fully saturated rings. The molecule has 0 atom stereocenters. The highest BCUT2D eigenvalue weighted by Crippen LogP contribution is 2.25. The molecule has 0 spiro atoms. The largest absolute Gasteiger partial charge is 0.459 e. The number of benzene rings is 1. The van der Waals surface area contributed by atoms with Crippen LogP contribution in [0.5, 0.6) is 0 Å². The maximum Gasteiger partial charge on any atom is 0.191 e. The Hall–Kier alpha value is -2.41. The molecular formula is C19H23FN4OS. The normalized spacial score (nSPS) is 11.9. The number of hydrogen-bond donors (Lipinski definition) is 2. The fourth-order valence-electron chi connectivity index (χ4n) is 2.71. The van der Waals surface area contributed by atoms with Crippen LogP contribution in [0, 0.1) is 12.7 Å². The van der Waals surface area contributed by atoms with Gasteiger partial charge < -0.3 is 15.1 Å². The smallest absolute Gasteiger partial charge is 0.191 e. The summed E-state index contributed by atoms with van der Waals surface area (Å²) in [4.78, 5) is 9.95. The molecule has 0 aliphatic carbocycles. The van der Waals surface area contributed by atoms with E-state index < -0.39 is 0 Å². The van der Waals surface area contributed by atoms with Gasteiger partial charge in [0, 0.05) is 42.0 Å². The van der Waals surface area contributed by atoms with Gasteiger partial charge in [-0.05, 0) is 31.5 Å². The number of aromatic nitrogens is 1. The van der Waals surface area contributed by atoms with Gasteiger partial charge in [-0.1, -0.05) is 6.92 Å². The van der Waals surface area contributed by atoms with Crippen molar-refractivity contribution in [3.8, 4) is 0 Å². The second-order valence-electron chi connectivity index (χ2n) is 5.97. The predicted octanol–water partition coefficient (Wildman–Crippen LogP) is 3.81. The van der Waals surface area contributed by atoms with Crippen molar-refractivity contribution in [2.24, 2.45) is 4.99 Å². The van der Waals surface area contributed by atoms with Crippen LogP contribution in [0.2, 0.25) is 0 Å². The number of nitrogens with one attached hydrogen (secondary N) is 2. The number of thiazole rings is 1. The van der Waals surface area contributed by atoms with Crippen molar-refractivity contribution in [3.63, 3.8) is 0 Å². The first-order valence-corrected chi connectivity index (χ1v) is 9.48. The molecule has 3 aromatic rings. The molecule has 2 heterocycles. The Balaban J connectivity index is 1.55. The number of aliphatic imine (C=N–C) groups is 1. The van der Waals surface area contributed by atoms with Crippen LogP contribution in [0.25, 0.3) is 11.0 Å². The zero-order valence-electron chi connectivity index (χ0n) is 15.2. The van der Waals surface area contributed by atoms with Crippen LogP contribution in [0.4, 0.5) is 4.39 Å². The van der Waals surface area contributed by atoms with Gasteiger partial charge in [0.25, 0.3) is 0 Å². The third kappa shape index (κ3) is 4.22. The van der Waals surface area contributed by atoms with Crippen molar-refractivity contribution in [1.29, 1.82) is 0 Å². The van der Waals surface area contributed by atoms with E-state index in [-0.39, 0.29) is 5.82 Å². The van der Waals surface area contributed by atoms with Crippen LogP contribution >= 0.6 is 11.3 Å². The van der Waals surface area contributed by atoms with Crippen LogP contribution in [0.3, 0.4) is 0 Å². The minimum Gasteiger partial charge on any atom is -0.459 e. The first-order valence-electron chi connectivity index (χ1n) is 8.66. The van der Waals surface area contributed by atoms with Gasteiger partial charge in [0.05, 0.1) is 11.6 Å². The van der Waals surface area contributed by atoms with Gasteiger partial charge in [-0.2, -0.15) is 0 Å². The molecular weight excluding hydrogens is 351 g/mol. The molecule has 0 aliphatic heterocycles. The summed E-state index contributed by atoms with van der Waals surface area (Å²) in [6, 6.07) is 4.57. The number of aryl methyl sites for hydroxylation is 2. The number of rotatable bonds is 6. The molecule has 7 heteroatoms. The summed E-state index contributed by atoms with van der Waals surface area (Å²) in [5, 5.41) is 8.45. The van der Waals surface area contributed by atoms with Gasteiger partial charge >= 0.3 is 0 Å². The standard InChI is InChI=1S/C19H23FN4OS/c1-4-14-10-23-18(26-14)7-8-22-19(21-3)24-11-17-12(2)15-9-13(20)5-6-16(15)25-17/h5-6,9-10H,4,7-8,11H2,1-3H3,(H2,21,22,24). The molecule has 1 aromatic carbocycles. The second kappa shape index (κ2) is 8.31. The van der Waals surface area contributed by atoms with Crippen molar-refractivity contribution in [2.75, 3.05) is 13.6 Å². The SMILES string of the molecule is CCc1cnc(CCNC(=NC)NCc2oc3ccc(F)cc3c2C)s1. The molecule has 3 rings (SSSR count). The highest BCUT2D eigenvalue weighted by atomic mass is 32.1. The van der Waals surface area contributed by atoms with E-state index in [9.17, 15) is 4.39 Å². The van der Waals surface area contributed by atoms with E-state index in [1.54, 1.807) is 24.5 Å². The maximum atomic E-state index is 13.4. The lowest BCUT2D eigenvalue weighted by atomic mass is 10.1. The molecule has 0 bridgehead atoms. The van der Waals surface area contributed by atoms with Crippen molar-refractivity contribution < 1.29 is 8.81 Å². The quantitative estimate of drug-likeness (QED) is 0.509. The summed E-state index contributed by atoms with van der Waals surface area (Å²) < 4.78 is 19.2. The summed E-state index contributed by atoms with van der Waals surface area (Å²) in [6.07, 6.45) is 3.82. The molecule has 2 N–H and O–H groups in total. The molecule has 2 aromatic heterocycles. The molecule has 0 radical (unpaired) electrons. The first kappa shape index (κ1) is 18.4. The van der Waals surface area contributed by atoms with Crippen molar-refractivity contribution in [2.45, 2.75) is 33.2 Å². The molecule has 0 aliphatic rings. The van der Waals surface area contributed by atoms with E-state index in [0.29, 0.717) is 18.1 Å². The first-order chi connectivity index (χ1) is 12.6. The maximum absolute atomic E-state index is 13.4. The van der Waals surface area contributed by atoms with Gasteiger partial charge in [0.1, 0.15) is 17.2 Å².